The fourth-order valence-electron chi connectivity index (χ4n) is 4.84. The molecule has 1 unspecified atom stereocenters. The summed E-state index contributed by atoms with van der Waals surface area (Å²) >= 11 is 1.51. The van der Waals surface area contributed by atoms with Crippen LogP contribution >= 0.6 is 11.3 Å². The summed E-state index contributed by atoms with van der Waals surface area (Å²) in [7, 11) is 0. The average Bonchev–Trinajstić information content (AvgIpc) is 3.61. The van der Waals surface area contributed by atoms with Crippen molar-refractivity contribution in [1.82, 2.24) is 9.55 Å². The summed E-state index contributed by atoms with van der Waals surface area (Å²) in [6.45, 7) is 3.66. The molecule has 2 atom stereocenters. The van der Waals surface area contributed by atoms with Gasteiger partial charge in [-0.3, -0.25) is 10.1 Å². The molecular weight excluding hydrogens is 420 g/mol. The number of hydrogen-bond acceptors (Lipinski definition) is 5. The minimum absolute atomic E-state index is 0.0913. The van der Waals surface area contributed by atoms with Gasteiger partial charge in [0.25, 0.3) is 5.91 Å². The Morgan fingerprint density at radius 1 is 1.19 bits per heavy atom. The number of para-hydroxylation sites is 1. The minimum Gasteiger partial charge on any atom is -0.381 e. The second kappa shape index (κ2) is 9.88. The van der Waals surface area contributed by atoms with E-state index < -0.39 is 0 Å². The summed E-state index contributed by atoms with van der Waals surface area (Å²) < 4.78 is 7.51. The lowest BCUT2D eigenvalue weighted by molar-refractivity contribution is 0.101. The number of aryl methyl sites for hydroxylation is 1. The van der Waals surface area contributed by atoms with Crippen molar-refractivity contribution in [2.45, 2.75) is 44.7 Å². The zero-order valence-electron chi connectivity index (χ0n) is 18.3. The lowest BCUT2D eigenvalue weighted by Gasteiger charge is -2.25. The molecule has 0 bridgehead atoms. The number of anilines is 2. The molecule has 2 aliphatic heterocycles. The Kier molecular flexibility index (Phi) is 6.55. The summed E-state index contributed by atoms with van der Waals surface area (Å²) in [5.41, 5.74) is 2.97. The van der Waals surface area contributed by atoms with Crippen molar-refractivity contribution < 1.29 is 9.53 Å². The summed E-state index contributed by atoms with van der Waals surface area (Å²) in [6.07, 6.45) is 7.59. The predicted molar refractivity (Wildman–Crippen MR) is 128 cm³/mol. The molecule has 4 heterocycles. The van der Waals surface area contributed by atoms with Crippen LogP contribution in [0.4, 0.5) is 10.8 Å². The SMILES string of the molecule is O=C(Nc1nc([C@H]2CCCN2c2ccccc2)cs1)c1cccn1CCCC1CCOC1. The first-order chi connectivity index (χ1) is 15.8. The molecule has 1 aromatic carbocycles. The molecule has 2 fully saturated rings. The molecule has 6 nitrogen and oxygen atoms in total. The first-order valence-electron chi connectivity index (χ1n) is 11.6. The van der Waals surface area contributed by atoms with Gasteiger partial charge in [0.2, 0.25) is 0 Å². The first kappa shape index (κ1) is 21.2. The van der Waals surface area contributed by atoms with Crippen LogP contribution in [0.15, 0.2) is 54.0 Å². The van der Waals surface area contributed by atoms with Gasteiger partial charge < -0.3 is 14.2 Å². The van der Waals surface area contributed by atoms with Crippen LogP contribution in [0.1, 0.15) is 54.3 Å². The monoisotopic (exact) mass is 450 g/mol. The number of nitrogens with zero attached hydrogens (tertiary/aromatic N) is 3. The first-order valence-corrected chi connectivity index (χ1v) is 12.5. The molecule has 2 saturated heterocycles. The molecule has 1 N–H and O–H groups in total. The normalized spacial score (nSPS) is 20.7. The highest BCUT2D eigenvalue weighted by atomic mass is 32.1. The molecule has 0 saturated carbocycles. The number of carbonyl (C=O) groups excluding carboxylic acids is 1. The molecule has 2 aliphatic rings. The molecular formula is C25H30N4O2S. The van der Waals surface area contributed by atoms with E-state index in [4.69, 9.17) is 9.72 Å². The van der Waals surface area contributed by atoms with Gasteiger partial charge in [-0.25, -0.2) is 4.98 Å². The predicted octanol–water partition coefficient (Wildman–Crippen LogP) is 5.36. The minimum atomic E-state index is -0.0913. The molecule has 5 rings (SSSR count). The van der Waals surface area contributed by atoms with E-state index in [0.29, 0.717) is 16.7 Å². The highest BCUT2D eigenvalue weighted by molar-refractivity contribution is 7.14. The van der Waals surface area contributed by atoms with Crippen LogP contribution in [0.3, 0.4) is 0 Å². The zero-order valence-corrected chi connectivity index (χ0v) is 19.1. The summed E-state index contributed by atoms with van der Waals surface area (Å²) in [6, 6.07) is 14.6. The number of benzene rings is 1. The van der Waals surface area contributed by atoms with E-state index >= 15 is 0 Å². The van der Waals surface area contributed by atoms with Crippen molar-refractivity contribution in [1.29, 1.82) is 0 Å². The topological polar surface area (TPSA) is 59.4 Å². The largest absolute Gasteiger partial charge is 0.381 e. The zero-order chi connectivity index (χ0) is 21.8. The fourth-order valence-corrected chi connectivity index (χ4v) is 5.59. The number of rotatable bonds is 8. The summed E-state index contributed by atoms with van der Waals surface area (Å²) in [4.78, 5) is 20.1. The van der Waals surface area contributed by atoms with Gasteiger partial charge in [-0.15, -0.1) is 11.3 Å². The Labute approximate surface area is 193 Å². The number of nitrogens with one attached hydrogen (secondary N) is 1. The Balaban J connectivity index is 1.20. The third-order valence-electron chi connectivity index (χ3n) is 6.52. The molecule has 2 aromatic heterocycles. The maximum atomic E-state index is 12.9. The van der Waals surface area contributed by atoms with Crippen LogP contribution in [-0.4, -0.2) is 35.2 Å². The van der Waals surface area contributed by atoms with E-state index in [9.17, 15) is 4.79 Å². The number of aromatic nitrogens is 2. The number of carbonyl (C=O) groups is 1. The summed E-state index contributed by atoms with van der Waals surface area (Å²) in [5.74, 6) is 0.578. The van der Waals surface area contributed by atoms with E-state index in [1.807, 2.05) is 29.0 Å². The van der Waals surface area contributed by atoms with Gasteiger partial charge in [0.15, 0.2) is 5.13 Å². The highest BCUT2D eigenvalue weighted by Gasteiger charge is 2.28. The van der Waals surface area contributed by atoms with E-state index in [1.165, 1.54) is 17.0 Å². The van der Waals surface area contributed by atoms with Crippen LogP contribution in [0, 0.1) is 5.92 Å². The van der Waals surface area contributed by atoms with E-state index in [-0.39, 0.29) is 11.9 Å². The van der Waals surface area contributed by atoms with Gasteiger partial charge in [-0.2, -0.15) is 0 Å². The molecule has 168 valence electrons. The van der Waals surface area contributed by atoms with Gasteiger partial charge in [0.1, 0.15) is 5.69 Å². The Morgan fingerprint density at radius 3 is 2.94 bits per heavy atom. The lowest BCUT2D eigenvalue weighted by atomic mass is 10.0. The molecule has 0 radical (unpaired) electrons. The molecule has 3 aromatic rings. The van der Waals surface area contributed by atoms with Gasteiger partial charge in [-0.1, -0.05) is 18.2 Å². The molecule has 32 heavy (non-hydrogen) atoms. The number of hydrogen-bond donors (Lipinski definition) is 1. The van der Waals surface area contributed by atoms with Crippen molar-refractivity contribution in [2.24, 2.45) is 5.92 Å². The maximum absolute atomic E-state index is 12.9. The van der Waals surface area contributed by atoms with Crippen LogP contribution in [-0.2, 0) is 11.3 Å². The fraction of sp³-hybridized carbons (Fsp3) is 0.440. The molecule has 1 amide bonds. The van der Waals surface area contributed by atoms with Gasteiger partial charge in [0.05, 0.1) is 11.7 Å². The Bertz CT molecular complexity index is 1030. The summed E-state index contributed by atoms with van der Waals surface area (Å²) in [5, 5.41) is 5.78. The van der Waals surface area contributed by atoms with Crippen LogP contribution < -0.4 is 10.2 Å². The van der Waals surface area contributed by atoms with Crippen molar-refractivity contribution in [3.8, 4) is 0 Å². The second-order valence-electron chi connectivity index (χ2n) is 8.68. The number of ether oxygens (including phenoxy) is 1. The van der Waals surface area contributed by atoms with E-state index in [1.54, 1.807) is 0 Å². The average molecular weight is 451 g/mol. The molecule has 0 spiro atoms. The van der Waals surface area contributed by atoms with Crippen LogP contribution in [0.5, 0.6) is 0 Å². The van der Waals surface area contributed by atoms with Gasteiger partial charge in [0, 0.05) is 43.6 Å². The number of amides is 1. The lowest BCUT2D eigenvalue weighted by Crippen LogP contribution is -2.22. The van der Waals surface area contributed by atoms with Crippen molar-refractivity contribution in [3.05, 3.63) is 65.4 Å². The molecule has 0 aliphatic carbocycles. The van der Waals surface area contributed by atoms with Crippen LogP contribution in [0.2, 0.25) is 0 Å². The van der Waals surface area contributed by atoms with Gasteiger partial charge >= 0.3 is 0 Å². The quantitative estimate of drug-likeness (QED) is 0.502. The van der Waals surface area contributed by atoms with Crippen LogP contribution in [0.25, 0.3) is 0 Å². The van der Waals surface area contributed by atoms with Crippen molar-refractivity contribution in [3.63, 3.8) is 0 Å². The Hall–Kier alpha value is -2.64. The van der Waals surface area contributed by atoms with Crippen molar-refractivity contribution >= 4 is 28.1 Å². The van der Waals surface area contributed by atoms with E-state index in [0.717, 1.165) is 64.1 Å². The second-order valence-corrected chi connectivity index (χ2v) is 9.54. The third-order valence-corrected chi connectivity index (χ3v) is 7.30. The number of thiazole rings is 1. The van der Waals surface area contributed by atoms with Gasteiger partial charge in [-0.05, 0) is 62.3 Å². The standard InChI is InChI=1S/C25H30N4O2S/c30-24(23-11-5-14-28(23)13-4-7-19-12-16-31-17-19)27-25-26-21(18-32-25)22-10-6-15-29(22)20-8-2-1-3-9-20/h1-3,5,8-9,11,14,18-19,22H,4,6-7,10,12-13,15-17H2,(H,26,27,30)/t19?,22-/m1/s1. The van der Waals surface area contributed by atoms with E-state index in [2.05, 4.69) is 39.9 Å². The Morgan fingerprint density at radius 2 is 2.09 bits per heavy atom. The smallest absolute Gasteiger partial charge is 0.274 e. The highest BCUT2D eigenvalue weighted by Crippen LogP contribution is 2.37. The molecule has 7 heteroatoms. The third kappa shape index (κ3) is 4.74. The van der Waals surface area contributed by atoms with Crippen molar-refractivity contribution in [2.75, 3.05) is 30.0 Å². The maximum Gasteiger partial charge on any atom is 0.274 e.